The maximum Gasteiger partial charge on any atom is 0.229 e. The molecule has 0 spiro atoms. The summed E-state index contributed by atoms with van der Waals surface area (Å²) in [6, 6.07) is 21.2. The Morgan fingerprint density at radius 1 is 0.806 bits per heavy atom. The minimum atomic E-state index is -0.546. The summed E-state index contributed by atoms with van der Waals surface area (Å²) in [4.78, 5) is 12.3. The van der Waals surface area contributed by atoms with Crippen LogP contribution in [0.3, 0.4) is 0 Å². The topological polar surface area (TPSA) is 86.5 Å². The van der Waals surface area contributed by atoms with Gasteiger partial charge in [0.2, 0.25) is 5.95 Å². The molecule has 0 aliphatic carbocycles. The molecule has 4 aromatic rings. The van der Waals surface area contributed by atoms with E-state index in [1.807, 2.05) is 60.7 Å². The Hall–Kier alpha value is -4.31. The second kappa shape index (κ2) is 9.46. The zero-order valence-electron chi connectivity index (χ0n) is 16.6. The van der Waals surface area contributed by atoms with Gasteiger partial charge >= 0.3 is 0 Å². The van der Waals surface area contributed by atoms with Crippen molar-refractivity contribution in [1.82, 2.24) is 15.0 Å². The predicted octanol–water partition coefficient (Wildman–Crippen LogP) is 5.15. The lowest BCUT2D eigenvalue weighted by molar-refractivity contribution is 0.619. The van der Waals surface area contributed by atoms with E-state index in [2.05, 4.69) is 31.7 Å². The van der Waals surface area contributed by atoms with E-state index in [0.29, 0.717) is 6.42 Å². The van der Waals surface area contributed by atoms with E-state index in [9.17, 15) is 4.39 Å². The number of benzene rings is 2. The third-order valence-electron chi connectivity index (χ3n) is 4.61. The number of hydrogen-bond donors (Lipinski definition) is 2. The SMILES string of the molecule is N#CCc1ccc(Nc2ncc(F)c(Nc3ccc(Cc4ccncc4)cc3)n2)cc1. The van der Waals surface area contributed by atoms with Gasteiger partial charge in [-0.3, -0.25) is 4.98 Å². The normalized spacial score (nSPS) is 10.3. The van der Waals surface area contributed by atoms with Crippen LogP contribution < -0.4 is 10.6 Å². The molecular weight excluding hydrogens is 391 g/mol. The molecule has 152 valence electrons. The maximum atomic E-state index is 14.2. The van der Waals surface area contributed by atoms with Gasteiger partial charge in [0, 0.05) is 23.8 Å². The molecule has 2 N–H and O–H groups in total. The first-order valence-electron chi connectivity index (χ1n) is 9.70. The molecule has 0 saturated heterocycles. The molecule has 2 aromatic carbocycles. The Bertz CT molecular complexity index is 1190. The molecule has 0 saturated carbocycles. The molecule has 0 aliphatic rings. The number of anilines is 4. The highest BCUT2D eigenvalue weighted by Crippen LogP contribution is 2.21. The minimum Gasteiger partial charge on any atom is -0.338 e. The molecule has 31 heavy (non-hydrogen) atoms. The minimum absolute atomic E-state index is 0.0838. The summed E-state index contributed by atoms with van der Waals surface area (Å²) < 4.78 is 14.2. The number of nitrogens with zero attached hydrogens (tertiary/aromatic N) is 4. The van der Waals surface area contributed by atoms with Crippen molar-refractivity contribution < 1.29 is 4.39 Å². The zero-order valence-corrected chi connectivity index (χ0v) is 16.6. The number of hydrogen-bond acceptors (Lipinski definition) is 6. The Morgan fingerprint density at radius 2 is 1.42 bits per heavy atom. The van der Waals surface area contributed by atoms with Gasteiger partial charge in [-0.1, -0.05) is 24.3 Å². The number of nitriles is 1. The molecular formula is C24H19FN6. The van der Waals surface area contributed by atoms with Crippen LogP contribution >= 0.6 is 0 Å². The fourth-order valence-corrected chi connectivity index (χ4v) is 3.02. The van der Waals surface area contributed by atoms with Crippen molar-refractivity contribution in [2.75, 3.05) is 10.6 Å². The van der Waals surface area contributed by atoms with Crippen molar-refractivity contribution in [3.63, 3.8) is 0 Å². The summed E-state index contributed by atoms with van der Waals surface area (Å²) in [5.74, 6) is -0.192. The molecule has 6 nitrogen and oxygen atoms in total. The first kappa shape index (κ1) is 20.0. The number of pyridine rings is 1. The van der Waals surface area contributed by atoms with Crippen LogP contribution in [-0.4, -0.2) is 15.0 Å². The van der Waals surface area contributed by atoms with E-state index in [1.54, 1.807) is 12.4 Å². The van der Waals surface area contributed by atoms with Crippen LogP contribution in [0.25, 0.3) is 0 Å². The van der Waals surface area contributed by atoms with Gasteiger partial charge in [0.15, 0.2) is 11.6 Å². The predicted molar refractivity (Wildman–Crippen MR) is 118 cm³/mol. The monoisotopic (exact) mass is 410 g/mol. The second-order valence-corrected chi connectivity index (χ2v) is 6.90. The van der Waals surface area contributed by atoms with Gasteiger partial charge in [-0.2, -0.15) is 10.2 Å². The van der Waals surface area contributed by atoms with Crippen LogP contribution in [0.15, 0.2) is 79.3 Å². The first-order valence-corrected chi connectivity index (χ1v) is 9.70. The summed E-state index contributed by atoms with van der Waals surface area (Å²) in [5, 5.41) is 14.8. The molecule has 0 amide bonds. The number of halogens is 1. The smallest absolute Gasteiger partial charge is 0.229 e. The average molecular weight is 410 g/mol. The molecule has 0 atom stereocenters. The van der Waals surface area contributed by atoms with Crippen LogP contribution in [0.1, 0.15) is 16.7 Å². The molecule has 0 fully saturated rings. The Morgan fingerprint density at radius 3 is 2.10 bits per heavy atom. The Labute approximate surface area is 179 Å². The van der Waals surface area contributed by atoms with E-state index in [4.69, 9.17) is 5.26 Å². The standard InChI is InChI=1S/C24H19FN6/c25-22-16-28-24(30-21-5-1-17(2-6-21)9-12-26)31-23(22)29-20-7-3-18(4-8-20)15-19-10-13-27-14-11-19/h1-8,10-11,13-14,16H,9,15H2,(H2,28,29,30,31). The third kappa shape index (κ3) is 5.40. The van der Waals surface area contributed by atoms with Gasteiger partial charge in [0.25, 0.3) is 0 Å². The summed E-state index contributed by atoms with van der Waals surface area (Å²) in [7, 11) is 0. The highest BCUT2D eigenvalue weighted by Gasteiger charge is 2.08. The van der Waals surface area contributed by atoms with Gasteiger partial charge in [-0.15, -0.1) is 0 Å². The van der Waals surface area contributed by atoms with Crippen molar-refractivity contribution in [2.24, 2.45) is 0 Å². The fraction of sp³-hybridized carbons (Fsp3) is 0.0833. The average Bonchev–Trinajstić information content (AvgIpc) is 2.80. The van der Waals surface area contributed by atoms with Crippen molar-refractivity contribution in [3.05, 3.63) is 102 Å². The largest absolute Gasteiger partial charge is 0.338 e. The van der Waals surface area contributed by atoms with Crippen molar-refractivity contribution in [3.8, 4) is 6.07 Å². The van der Waals surface area contributed by atoms with Crippen LogP contribution in [0.4, 0.5) is 27.5 Å². The highest BCUT2D eigenvalue weighted by molar-refractivity contribution is 5.60. The summed E-state index contributed by atoms with van der Waals surface area (Å²) in [6.45, 7) is 0. The van der Waals surface area contributed by atoms with Crippen molar-refractivity contribution in [1.29, 1.82) is 5.26 Å². The van der Waals surface area contributed by atoms with E-state index in [1.165, 1.54) is 5.56 Å². The van der Waals surface area contributed by atoms with Gasteiger partial charge in [-0.25, -0.2) is 9.37 Å². The van der Waals surface area contributed by atoms with Crippen molar-refractivity contribution in [2.45, 2.75) is 12.8 Å². The van der Waals surface area contributed by atoms with Gasteiger partial charge in [0.1, 0.15) is 0 Å². The lowest BCUT2D eigenvalue weighted by Crippen LogP contribution is -2.03. The summed E-state index contributed by atoms with van der Waals surface area (Å²) in [6.07, 6.45) is 5.82. The van der Waals surface area contributed by atoms with E-state index >= 15 is 0 Å². The molecule has 0 unspecified atom stereocenters. The molecule has 0 radical (unpaired) electrons. The van der Waals surface area contributed by atoms with Crippen LogP contribution in [0, 0.1) is 17.1 Å². The molecule has 0 bridgehead atoms. The summed E-state index contributed by atoms with van der Waals surface area (Å²) >= 11 is 0. The lowest BCUT2D eigenvalue weighted by Gasteiger charge is -2.10. The fourth-order valence-electron chi connectivity index (χ4n) is 3.02. The van der Waals surface area contributed by atoms with Gasteiger partial charge in [0.05, 0.1) is 18.7 Å². The molecule has 4 rings (SSSR count). The Kier molecular flexibility index (Phi) is 6.10. The number of nitrogens with one attached hydrogen (secondary N) is 2. The highest BCUT2D eigenvalue weighted by atomic mass is 19.1. The third-order valence-corrected chi connectivity index (χ3v) is 4.61. The maximum absolute atomic E-state index is 14.2. The van der Waals surface area contributed by atoms with Crippen molar-refractivity contribution >= 4 is 23.1 Å². The van der Waals surface area contributed by atoms with Gasteiger partial charge < -0.3 is 10.6 Å². The zero-order chi connectivity index (χ0) is 21.5. The van der Waals surface area contributed by atoms with E-state index in [-0.39, 0.29) is 11.8 Å². The van der Waals surface area contributed by atoms with Crippen LogP contribution in [0.2, 0.25) is 0 Å². The summed E-state index contributed by atoms with van der Waals surface area (Å²) in [5.41, 5.74) is 4.71. The first-order chi connectivity index (χ1) is 15.2. The second-order valence-electron chi connectivity index (χ2n) is 6.90. The van der Waals surface area contributed by atoms with Crippen LogP contribution in [-0.2, 0) is 12.8 Å². The van der Waals surface area contributed by atoms with Crippen LogP contribution in [0.5, 0.6) is 0 Å². The quantitative estimate of drug-likeness (QED) is 0.438. The lowest BCUT2D eigenvalue weighted by atomic mass is 10.1. The van der Waals surface area contributed by atoms with E-state index < -0.39 is 5.82 Å². The molecule has 2 aromatic heterocycles. The van der Waals surface area contributed by atoms with E-state index in [0.717, 1.165) is 35.1 Å². The number of rotatable bonds is 7. The molecule has 7 heteroatoms. The molecule has 2 heterocycles. The van der Waals surface area contributed by atoms with Gasteiger partial charge in [-0.05, 0) is 59.5 Å². The molecule has 0 aliphatic heterocycles. The Balaban J connectivity index is 1.44. The number of aromatic nitrogens is 3.